The van der Waals surface area contributed by atoms with E-state index in [9.17, 15) is 9.90 Å². The Morgan fingerprint density at radius 3 is 2.93 bits per heavy atom. The fraction of sp³-hybridized carbons (Fsp3) is 0.455. The number of halogens is 1. The van der Waals surface area contributed by atoms with Gasteiger partial charge in [0.25, 0.3) is 0 Å². The van der Waals surface area contributed by atoms with Gasteiger partial charge in [-0.3, -0.25) is 0 Å². The quantitative estimate of drug-likeness (QED) is 0.735. The Hall–Kier alpha value is -2.69. The molecule has 2 heterocycles. The first-order chi connectivity index (χ1) is 14.4. The van der Waals surface area contributed by atoms with Crippen LogP contribution in [0.5, 0.6) is 0 Å². The summed E-state index contributed by atoms with van der Waals surface area (Å²) in [5, 5.41) is 21.8. The molecule has 1 aromatic carbocycles. The van der Waals surface area contributed by atoms with Gasteiger partial charge in [0.2, 0.25) is 0 Å². The van der Waals surface area contributed by atoms with Gasteiger partial charge in [-0.05, 0) is 42.0 Å². The van der Waals surface area contributed by atoms with Crippen molar-refractivity contribution in [3.8, 4) is 6.07 Å². The molecule has 2 amide bonds. The van der Waals surface area contributed by atoms with Crippen molar-refractivity contribution >= 4 is 17.6 Å². The number of nitriles is 1. The lowest BCUT2D eigenvalue weighted by molar-refractivity contribution is 0.186. The van der Waals surface area contributed by atoms with E-state index in [0.717, 1.165) is 16.8 Å². The van der Waals surface area contributed by atoms with Crippen molar-refractivity contribution in [2.24, 2.45) is 5.92 Å². The predicted molar refractivity (Wildman–Crippen MR) is 114 cm³/mol. The lowest BCUT2D eigenvalue weighted by atomic mass is 10.0. The van der Waals surface area contributed by atoms with E-state index in [4.69, 9.17) is 16.9 Å². The molecule has 1 aliphatic heterocycles. The number of hydrogen-bond donors (Lipinski definition) is 2. The average Bonchev–Trinajstić information content (AvgIpc) is 2.76. The van der Waals surface area contributed by atoms with Gasteiger partial charge in [0.15, 0.2) is 0 Å². The SMILES string of the molecule is CC[C@@H](NC(=O)N1CCc2cnc(C[C@@H](C)CO)nc2C1)c1ccc(C#N)c(Cl)c1. The highest BCUT2D eigenvalue weighted by Gasteiger charge is 2.24. The van der Waals surface area contributed by atoms with E-state index in [1.807, 2.05) is 32.2 Å². The summed E-state index contributed by atoms with van der Waals surface area (Å²) in [5.74, 6) is 0.784. The minimum absolute atomic E-state index is 0.0900. The molecule has 1 aromatic heterocycles. The summed E-state index contributed by atoms with van der Waals surface area (Å²) in [6.07, 6.45) is 3.85. The van der Waals surface area contributed by atoms with E-state index in [1.165, 1.54) is 0 Å². The summed E-state index contributed by atoms with van der Waals surface area (Å²) in [6, 6.07) is 6.93. The number of rotatable bonds is 6. The lowest BCUT2D eigenvalue weighted by Gasteiger charge is -2.30. The molecule has 1 aliphatic rings. The van der Waals surface area contributed by atoms with Gasteiger partial charge in [-0.1, -0.05) is 31.5 Å². The maximum absolute atomic E-state index is 12.9. The van der Waals surface area contributed by atoms with Gasteiger partial charge < -0.3 is 15.3 Å². The molecule has 0 unspecified atom stereocenters. The van der Waals surface area contributed by atoms with Crippen molar-refractivity contribution in [1.29, 1.82) is 5.26 Å². The van der Waals surface area contributed by atoms with Crippen LogP contribution in [-0.4, -0.2) is 39.2 Å². The first kappa shape index (κ1) is 22.0. The van der Waals surface area contributed by atoms with Crippen molar-refractivity contribution in [3.05, 3.63) is 57.6 Å². The molecular weight excluding hydrogens is 402 g/mol. The summed E-state index contributed by atoms with van der Waals surface area (Å²) < 4.78 is 0. The standard InChI is InChI=1S/C22H26ClN5O2/c1-3-19(15-4-5-16(10-24)18(23)9-15)27-22(30)28-7-6-17-11-25-21(8-14(2)13-29)26-20(17)12-28/h4-5,9,11,14,19,29H,3,6-8,12-13H2,1-2H3,(H,27,30)/t14-,19-/m1/s1. The van der Waals surface area contributed by atoms with Crippen LogP contribution in [0.15, 0.2) is 24.4 Å². The zero-order chi connectivity index (χ0) is 21.7. The van der Waals surface area contributed by atoms with Crippen LogP contribution in [0.4, 0.5) is 4.79 Å². The fourth-order valence-corrected chi connectivity index (χ4v) is 3.72. The molecule has 2 N–H and O–H groups in total. The molecule has 3 rings (SSSR count). The molecule has 0 fully saturated rings. The highest BCUT2D eigenvalue weighted by molar-refractivity contribution is 6.31. The van der Waals surface area contributed by atoms with E-state index in [1.54, 1.807) is 17.0 Å². The number of hydrogen-bond acceptors (Lipinski definition) is 5. The Balaban J connectivity index is 1.69. The third-order valence-corrected chi connectivity index (χ3v) is 5.66. The Morgan fingerprint density at radius 2 is 2.27 bits per heavy atom. The van der Waals surface area contributed by atoms with Crippen molar-refractivity contribution in [2.75, 3.05) is 13.2 Å². The summed E-state index contributed by atoms with van der Waals surface area (Å²) in [4.78, 5) is 23.7. The van der Waals surface area contributed by atoms with E-state index in [-0.39, 0.29) is 24.6 Å². The van der Waals surface area contributed by atoms with Crippen LogP contribution in [-0.2, 0) is 19.4 Å². The molecule has 0 radical (unpaired) electrons. The van der Waals surface area contributed by atoms with Crippen LogP contribution in [0.25, 0.3) is 0 Å². The molecule has 2 atom stereocenters. The number of aromatic nitrogens is 2. The number of fused-ring (bicyclic) bond motifs is 1. The van der Waals surface area contributed by atoms with Gasteiger partial charge in [0.1, 0.15) is 11.9 Å². The molecule has 7 nitrogen and oxygen atoms in total. The van der Waals surface area contributed by atoms with Crippen molar-refractivity contribution in [3.63, 3.8) is 0 Å². The first-order valence-electron chi connectivity index (χ1n) is 10.1. The normalized spacial score (nSPS) is 15.1. The van der Waals surface area contributed by atoms with E-state index >= 15 is 0 Å². The van der Waals surface area contributed by atoms with E-state index in [0.29, 0.717) is 48.8 Å². The third-order valence-electron chi connectivity index (χ3n) is 5.35. The second-order valence-electron chi connectivity index (χ2n) is 7.68. The number of aliphatic hydroxyl groups excluding tert-OH is 1. The Morgan fingerprint density at radius 1 is 1.47 bits per heavy atom. The lowest BCUT2D eigenvalue weighted by Crippen LogP contribution is -2.44. The zero-order valence-corrected chi connectivity index (χ0v) is 18.0. The minimum Gasteiger partial charge on any atom is -0.396 e. The smallest absolute Gasteiger partial charge is 0.318 e. The fourth-order valence-electron chi connectivity index (χ4n) is 3.49. The van der Waals surface area contributed by atoms with Crippen molar-refractivity contribution < 1.29 is 9.90 Å². The number of carbonyl (C=O) groups is 1. The van der Waals surface area contributed by atoms with Crippen LogP contribution in [0.2, 0.25) is 5.02 Å². The van der Waals surface area contributed by atoms with Crippen molar-refractivity contribution in [1.82, 2.24) is 20.2 Å². The molecule has 30 heavy (non-hydrogen) atoms. The Kier molecular flexibility index (Phi) is 7.24. The first-order valence-corrected chi connectivity index (χ1v) is 10.5. The molecule has 0 saturated carbocycles. The third kappa shape index (κ3) is 5.07. The van der Waals surface area contributed by atoms with Gasteiger partial charge in [0, 0.05) is 25.8 Å². The highest BCUT2D eigenvalue weighted by atomic mass is 35.5. The molecule has 0 saturated heterocycles. The van der Waals surface area contributed by atoms with Crippen LogP contribution in [0.3, 0.4) is 0 Å². The van der Waals surface area contributed by atoms with Gasteiger partial charge in [-0.2, -0.15) is 5.26 Å². The minimum atomic E-state index is -0.199. The zero-order valence-electron chi connectivity index (χ0n) is 17.2. The number of amides is 2. The number of nitrogens with zero attached hydrogens (tertiary/aromatic N) is 4. The molecule has 158 valence electrons. The highest BCUT2D eigenvalue weighted by Crippen LogP contribution is 2.24. The maximum atomic E-state index is 12.9. The average molecular weight is 428 g/mol. The summed E-state index contributed by atoms with van der Waals surface area (Å²) >= 11 is 6.16. The number of aliphatic hydroxyl groups is 1. The summed E-state index contributed by atoms with van der Waals surface area (Å²) in [6.45, 7) is 5.05. The number of carbonyl (C=O) groups excluding carboxylic acids is 1. The predicted octanol–water partition coefficient (Wildman–Crippen LogP) is 3.39. The van der Waals surface area contributed by atoms with Crippen LogP contribution in [0, 0.1) is 17.2 Å². The van der Waals surface area contributed by atoms with Gasteiger partial charge in [-0.15, -0.1) is 0 Å². The maximum Gasteiger partial charge on any atom is 0.318 e. The monoisotopic (exact) mass is 427 g/mol. The van der Waals surface area contributed by atoms with Gasteiger partial charge in [0.05, 0.1) is 28.9 Å². The Labute approximate surface area is 181 Å². The molecule has 8 heteroatoms. The van der Waals surface area contributed by atoms with Crippen molar-refractivity contribution in [2.45, 2.75) is 45.7 Å². The molecule has 0 bridgehead atoms. The van der Waals surface area contributed by atoms with Gasteiger partial charge >= 0.3 is 6.03 Å². The second kappa shape index (κ2) is 9.88. The number of urea groups is 1. The summed E-state index contributed by atoms with van der Waals surface area (Å²) in [7, 11) is 0. The van der Waals surface area contributed by atoms with Crippen LogP contribution >= 0.6 is 11.6 Å². The number of nitrogens with one attached hydrogen (secondary N) is 1. The second-order valence-corrected chi connectivity index (χ2v) is 8.09. The largest absolute Gasteiger partial charge is 0.396 e. The van der Waals surface area contributed by atoms with E-state index in [2.05, 4.69) is 15.3 Å². The van der Waals surface area contributed by atoms with E-state index < -0.39 is 0 Å². The van der Waals surface area contributed by atoms with Gasteiger partial charge in [-0.25, -0.2) is 14.8 Å². The number of benzene rings is 1. The molecule has 0 spiro atoms. The summed E-state index contributed by atoms with van der Waals surface area (Å²) in [5.41, 5.74) is 3.21. The topological polar surface area (TPSA) is 102 Å². The van der Waals surface area contributed by atoms with Crippen LogP contribution in [0.1, 0.15) is 54.5 Å². The molecule has 0 aliphatic carbocycles. The Bertz CT molecular complexity index is 959. The van der Waals surface area contributed by atoms with Crippen LogP contribution < -0.4 is 5.32 Å². The molecule has 2 aromatic rings. The molecular formula is C22H26ClN5O2.